The molecule has 0 spiro atoms. The SMILES string of the molecule is CC(C)NC(=O)CCC(=O)c1ccc2c(c1)N(C)C(=O)CO2. The third-order valence-electron chi connectivity index (χ3n) is 3.40. The van der Waals surface area contributed by atoms with E-state index in [4.69, 9.17) is 4.74 Å². The van der Waals surface area contributed by atoms with Gasteiger partial charge in [-0.2, -0.15) is 0 Å². The zero-order chi connectivity index (χ0) is 16.3. The summed E-state index contributed by atoms with van der Waals surface area (Å²) in [6, 6.07) is 5.03. The standard InChI is InChI=1S/C16H20N2O4/c1-10(2)17-15(20)7-5-13(19)11-4-6-14-12(8-11)18(3)16(21)9-22-14/h4,6,8,10H,5,7,9H2,1-3H3,(H,17,20). The van der Waals surface area contributed by atoms with E-state index in [1.807, 2.05) is 13.8 Å². The molecule has 6 heteroatoms. The Bertz CT molecular complexity index is 610. The van der Waals surface area contributed by atoms with Crippen LogP contribution in [0.1, 0.15) is 37.0 Å². The predicted octanol–water partition coefficient (Wildman–Crippen LogP) is 1.53. The van der Waals surface area contributed by atoms with Crippen molar-refractivity contribution < 1.29 is 19.1 Å². The lowest BCUT2D eigenvalue weighted by Gasteiger charge is -2.26. The second-order valence-electron chi connectivity index (χ2n) is 5.57. The number of rotatable bonds is 5. The molecule has 1 heterocycles. The van der Waals surface area contributed by atoms with Crippen LogP contribution in [0.5, 0.6) is 5.75 Å². The number of hydrogen-bond acceptors (Lipinski definition) is 4. The van der Waals surface area contributed by atoms with Crippen LogP contribution in [-0.2, 0) is 9.59 Å². The molecule has 2 rings (SSSR count). The molecule has 1 aliphatic heterocycles. The topological polar surface area (TPSA) is 75.7 Å². The second kappa shape index (κ2) is 6.60. The molecular weight excluding hydrogens is 284 g/mol. The summed E-state index contributed by atoms with van der Waals surface area (Å²) in [6.07, 6.45) is 0.287. The highest BCUT2D eigenvalue weighted by molar-refractivity contribution is 6.02. The minimum atomic E-state index is -0.159. The average Bonchev–Trinajstić information content (AvgIpc) is 2.47. The van der Waals surface area contributed by atoms with Gasteiger partial charge in [-0.25, -0.2) is 0 Å². The lowest BCUT2D eigenvalue weighted by atomic mass is 10.0. The molecule has 0 unspecified atom stereocenters. The Morgan fingerprint density at radius 2 is 2.05 bits per heavy atom. The van der Waals surface area contributed by atoms with Gasteiger partial charge < -0.3 is 15.0 Å². The molecule has 0 fully saturated rings. The van der Waals surface area contributed by atoms with E-state index in [1.165, 1.54) is 4.90 Å². The minimum Gasteiger partial charge on any atom is -0.482 e. The quantitative estimate of drug-likeness (QED) is 0.837. The Hall–Kier alpha value is -2.37. The maximum absolute atomic E-state index is 12.2. The van der Waals surface area contributed by atoms with Crippen molar-refractivity contribution >= 4 is 23.3 Å². The van der Waals surface area contributed by atoms with Crippen LogP contribution < -0.4 is 15.0 Å². The maximum atomic E-state index is 12.2. The van der Waals surface area contributed by atoms with Crippen molar-refractivity contribution in [3.63, 3.8) is 0 Å². The van der Waals surface area contributed by atoms with Crippen molar-refractivity contribution in [3.05, 3.63) is 23.8 Å². The molecule has 0 bridgehead atoms. The molecule has 1 N–H and O–H groups in total. The van der Waals surface area contributed by atoms with Crippen LogP contribution >= 0.6 is 0 Å². The normalized spacial score (nSPS) is 13.6. The van der Waals surface area contributed by atoms with Crippen molar-refractivity contribution in [1.29, 1.82) is 0 Å². The van der Waals surface area contributed by atoms with Gasteiger partial charge in [-0.3, -0.25) is 14.4 Å². The van der Waals surface area contributed by atoms with Gasteiger partial charge in [0, 0.05) is 31.5 Å². The van der Waals surface area contributed by atoms with E-state index in [-0.39, 0.29) is 43.1 Å². The molecule has 0 saturated carbocycles. The van der Waals surface area contributed by atoms with Crippen molar-refractivity contribution in [3.8, 4) is 5.75 Å². The molecule has 118 valence electrons. The summed E-state index contributed by atoms with van der Waals surface area (Å²) in [6.45, 7) is 3.75. The summed E-state index contributed by atoms with van der Waals surface area (Å²) in [5.41, 5.74) is 1.05. The molecule has 0 saturated heterocycles. The number of hydrogen-bond donors (Lipinski definition) is 1. The molecular formula is C16H20N2O4. The molecule has 0 aromatic heterocycles. The fraction of sp³-hybridized carbons (Fsp3) is 0.438. The second-order valence-corrected chi connectivity index (χ2v) is 5.57. The summed E-state index contributed by atoms with van der Waals surface area (Å²) in [5, 5.41) is 2.75. The Balaban J connectivity index is 2.05. The first kappa shape index (κ1) is 16.0. The van der Waals surface area contributed by atoms with Crippen LogP contribution in [-0.4, -0.2) is 37.3 Å². The molecule has 22 heavy (non-hydrogen) atoms. The number of carbonyl (C=O) groups excluding carboxylic acids is 3. The number of Topliss-reactive ketones (excluding diaryl/α,β-unsaturated/α-hetero) is 1. The van der Waals surface area contributed by atoms with Crippen LogP contribution in [0, 0.1) is 0 Å². The van der Waals surface area contributed by atoms with Crippen LogP contribution in [0.2, 0.25) is 0 Å². The predicted molar refractivity (Wildman–Crippen MR) is 82.2 cm³/mol. The monoisotopic (exact) mass is 304 g/mol. The Kier molecular flexibility index (Phi) is 4.80. The van der Waals surface area contributed by atoms with Gasteiger partial charge in [0.25, 0.3) is 5.91 Å². The summed E-state index contributed by atoms with van der Waals surface area (Å²) < 4.78 is 5.32. The maximum Gasteiger partial charge on any atom is 0.264 e. The first-order valence-electron chi connectivity index (χ1n) is 7.24. The van der Waals surface area contributed by atoms with E-state index in [2.05, 4.69) is 5.32 Å². The number of ether oxygens (including phenoxy) is 1. The molecule has 1 aromatic carbocycles. The largest absolute Gasteiger partial charge is 0.482 e. The Morgan fingerprint density at radius 1 is 1.32 bits per heavy atom. The van der Waals surface area contributed by atoms with E-state index in [1.54, 1.807) is 25.2 Å². The smallest absolute Gasteiger partial charge is 0.264 e. The first-order chi connectivity index (χ1) is 10.4. The fourth-order valence-electron chi connectivity index (χ4n) is 2.21. The summed E-state index contributed by atoms with van der Waals surface area (Å²) in [7, 11) is 1.65. The number of carbonyl (C=O) groups is 3. The van der Waals surface area contributed by atoms with Crippen LogP contribution in [0.25, 0.3) is 0 Å². The molecule has 0 radical (unpaired) electrons. The summed E-state index contributed by atoms with van der Waals surface area (Å²) >= 11 is 0. The molecule has 1 aromatic rings. The van der Waals surface area contributed by atoms with Gasteiger partial charge in [0.05, 0.1) is 5.69 Å². The molecule has 0 aliphatic carbocycles. The number of nitrogens with one attached hydrogen (secondary N) is 1. The number of ketones is 1. The van der Waals surface area contributed by atoms with Crippen LogP contribution in [0.15, 0.2) is 18.2 Å². The van der Waals surface area contributed by atoms with E-state index in [0.717, 1.165) is 0 Å². The Morgan fingerprint density at radius 3 is 2.73 bits per heavy atom. The molecule has 0 atom stereocenters. The van der Waals surface area contributed by atoms with Gasteiger partial charge in [0.15, 0.2) is 12.4 Å². The van der Waals surface area contributed by atoms with E-state index in [0.29, 0.717) is 17.0 Å². The number of fused-ring (bicyclic) bond motifs is 1. The molecule has 1 aliphatic rings. The van der Waals surface area contributed by atoms with E-state index < -0.39 is 0 Å². The third kappa shape index (κ3) is 3.63. The van der Waals surface area contributed by atoms with Crippen molar-refractivity contribution in [2.45, 2.75) is 32.7 Å². The summed E-state index contributed by atoms with van der Waals surface area (Å²) in [5.74, 6) is 0.148. The molecule has 2 amide bonds. The van der Waals surface area contributed by atoms with Crippen LogP contribution in [0.4, 0.5) is 5.69 Å². The molecule has 6 nitrogen and oxygen atoms in total. The number of anilines is 1. The summed E-state index contributed by atoms with van der Waals surface area (Å²) in [4.78, 5) is 36.9. The first-order valence-corrected chi connectivity index (χ1v) is 7.24. The number of likely N-dealkylation sites (N-methyl/N-ethyl adjacent to an activating group) is 1. The average molecular weight is 304 g/mol. The lowest BCUT2D eigenvalue weighted by molar-refractivity contribution is -0.122. The number of amides is 2. The minimum absolute atomic E-state index is 0.00612. The number of nitrogens with zero attached hydrogens (tertiary/aromatic N) is 1. The van der Waals surface area contributed by atoms with Crippen molar-refractivity contribution in [2.75, 3.05) is 18.6 Å². The fourth-order valence-corrected chi connectivity index (χ4v) is 2.21. The van der Waals surface area contributed by atoms with Crippen LogP contribution in [0.3, 0.4) is 0 Å². The van der Waals surface area contributed by atoms with Gasteiger partial charge in [-0.1, -0.05) is 0 Å². The van der Waals surface area contributed by atoms with E-state index in [9.17, 15) is 14.4 Å². The van der Waals surface area contributed by atoms with E-state index >= 15 is 0 Å². The van der Waals surface area contributed by atoms with Crippen molar-refractivity contribution in [1.82, 2.24) is 5.32 Å². The lowest BCUT2D eigenvalue weighted by Crippen LogP contribution is -2.35. The van der Waals surface area contributed by atoms with Crippen molar-refractivity contribution in [2.24, 2.45) is 0 Å². The van der Waals surface area contributed by atoms with Gasteiger partial charge >= 0.3 is 0 Å². The van der Waals surface area contributed by atoms with Gasteiger partial charge in [-0.15, -0.1) is 0 Å². The highest BCUT2D eigenvalue weighted by atomic mass is 16.5. The van der Waals surface area contributed by atoms with Gasteiger partial charge in [0.2, 0.25) is 5.91 Å². The Labute approximate surface area is 129 Å². The third-order valence-corrected chi connectivity index (χ3v) is 3.40. The van der Waals surface area contributed by atoms with Gasteiger partial charge in [-0.05, 0) is 32.0 Å². The van der Waals surface area contributed by atoms with Gasteiger partial charge in [0.1, 0.15) is 5.75 Å². The highest BCUT2D eigenvalue weighted by Gasteiger charge is 2.23. The number of benzene rings is 1. The highest BCUT2D eigenvalue weighted by Crippen LogP contribution is 2.32. The zero-order valence-electron chi connectivity index (χ0n) is 13.0. The zero-order valence-corrected chi connectivity index (χ0v) is 13.0.